The standard InChI is InChI=1S/C67H126O5/c1-3-5-7-9-11-13-15-17-19-21-22-23-24-25-26-27-28-29-30-31-32-33-34-35-36-37-38-39-40-41-42-43-44-46-47-49-51-53-55-57-59-61-66(69)71-64-65(63-68)72-67(70)62-60-58-56-54-52-50-48-45-20-18-16-14-12-10-8-6-4-2/h6,8,12,14,18,20,65,68H,3-5,7,9-11,13,15-17,19,21-64H2,1-2H3/b8-6-,14-12-,20-18-. The van der Waals surface area contributed by atoms with E-state index in [2.05, 4.69) is 50.3 Å². The molecule has 72 heavy (non-hydrogen) atoms. The number of hydrogen-bond acceptors (Lipinski definition) is 5. The molecule has 0 spiro atoms. The van der Waals surface area contributed by atoms with E-state index < -0.39 is 6.10 Å². The molecule has 424 valence electrons. The maximum atomic E-state index is 12.3. The summed E-state index contributed by atoms with van der Waals surface area (Å²) < 4.78 is 10.7. The lowest BCUT2D eigenvalue weighted by molar-refractivity contribution is -0.161. The van der Waals surface area contributed by atoms with Crippen LogP contribution in [0.25, 0.3) is 0 Å². The Bertz CT molecular complexity index is 1140. The zero-order valence-corrected chi connectivity index (χ0v) is 48.7. The second-order valence-electron chi connectivity index (χ2n) is 22.2. The van der Waals surface area contributed by atoms with Crippen molar-refractivity contribution in [1.82, 2.24) is 0 Å². The first-order valence-electron chi connectivity index (χ1n) is 32.5. The largest absolute Gasteiger partial charge is 0.462 e. The van der Waals surface area contributed by atoms with Crippen molar-refractivity contribution in [2.75, 3.05) is 13.2 Å². The number of unbranched alkanes of at least 4 members (excludes halogenated alkanes) is 47. The number of carbonyl (C=O) groups is 2. The highest BCUT2D eigenvalue weighted by Crippen LogP contribution is 2.19. The summed E-state index contributed by atoms with van der Waals surface area (Å²) in [5, 5.41) is 9.65. The van der Waals surface area contributed by atoms with Crippen LogP contribution in [0.5, 0.6) is 0 Å². The Morgan fingerprint density at radius 3 is 0.903 bits per heavy atom. The minimum absolute atomic E-state index is 0.0661. The molecule has 0 aliphatic carbocycles. The highest BCUT2D eigenvalue weighted by molar-refractivity contribution is 5.70. The molecule has 5 nitrogen and oxygen atoms in total. The average molecular weight is 1010 g/mol. The van der Waals surface area contributed by atoms with Crippen LogP contribution in [0, 0.1) is 0 Å². The normalized spacial score (nSPS) is 12.3. The van der Waals surface area contributed by atoms with Crippen LogP contribution in [0.15, 0.2) is 36.5 Å². The second kappa shape index (κ2) is 63.4. The summed E-state index contributed by atoms with van der Waals surface area (Å²) in [6.45, 7) is 4.07. The van der Waals surface area contributed by atoms with E-state index in [9.17, 15) is 14.7 Å². The third kappa shape index (κ3) is 60.7. The fourth-order valence-corrected chi connectivity index (χ4v) is 10.1. The van der Waals surface area contributed by atoms with E-state index in [-0.39, 0.29) is 25.2 Å². The Balaban J connectivity index is 3.33. The van der Waals surface area contributed by atoms with Gasteiger partial charge < -0.3 is 14.6 Å². The van der Waals surface area contributed by atoms with E-state index in [0.29, 0.717) is 12.8 Å². The second-order valence-corrected chi connectivity index (χ2v) is 22.2. The fourth-order valence-electron chi connectivity index (χ4n) is 10.1. The van der Waals surface area contributed by atoms with Crippen molar-refractivity contribution < 1.29 is 24.2 Å². The van der Waals surface area contributed by atoms with E-state index in [1.165, 1.54) is 270 Å². The topological polar surface area (TPSA) is 72.8 Å². The molecule has 5 heteroatoms. The number of rotatable bonds is 61. The van der Waals surface area contributed by atoms with E-state index >= 15 is 0 Å². The molecule has 0 aliphatic heterocycles. The summed E-state index contributed by atoms with van der Waals surface area (Å²) in [4.78, 5) is 24.5. The van der Waals surface area contributed by atoms with Gasteiger partial charge >= 0.3 is 11.9 Å². The lowest BCUT2D eigenvalue weighted by Crippen LogP contribution is -2.28. The predicted molar refractivity (Wildman–Crippen MR) is 316 cm³/mol. The number of carbonyl (C=O) groups excluding carboxylic acids is 2. The summed E-state index contributed by atoms with van der Waals surface area (Å²) in [5.74, 6) is -0.586. The predicted octanol–water partition coefficient (Wildman–Crippen LogP) is 22.2. The molecule has 0 aromatic heterocycles. The summed E-state index contributed by atoms with van der Waals surface area (Å²) in [5.41, 5.74) is 0. The summed E-state index contributed by atoms with van der Waals surface area (Å²) >= 11 is 0. The highest BCUT2D eigenvalue weighted by Gasteiger charge is 2.16. The van der Waals surface area contributed by atoms with E-state index in [1.807, 2.05) is 0 Å². The molecule has 0 amide bonds. The van der Waals surface area contributed by atoms with Crippen LogP contribution in [0.2, 0.25) is 0 Å². The molecular weight excluding hydrogens is 885 g/mol. The van der Waals surface area contributed by atoms with Crippen LogP contribution in [0.3, 0.4) is 0 Å². The van der Waals surface area contributed by atoms with Gasteiger partial charge in [-0.05, 0) is 44.9 Å². The van der Waals surface area contributed by atoms with Gasteiger partial charge in [-0.3, -0.25) is 9.59 Å². The van der Waals surface area contributed by atoms with Gasteiger partial charge in [-0.15, -0.1) is 0 Å². The minimum atomic E-state index is -0.776. The van der Waals surface area contributed by atoms with Crippen molar-refractivity contribution in [3.05, 3.63) is 36.5 Å². The molecular formula is C67H126O5. The monoisotopic (exact) mass is 1010 g/mol. The zero-order chi connectivity index (χ0) is 52.0. The molecule has 0 aliphatic rings. The van der Waals surface area contributed by atoms with Crippen molar-refractivity contribution in [2.24, 2.45) is 0 Å². The van der Waals surface area contributed by atoms with E-state index in [4.69, 9.17) is 9.47 Å². The number of esters is 2. The van der Waals surface area contributed by atoms with Gasteiger partial charge in [0.05, 0.1) is 6.61 Å². The maximum Gasteiger partial charge on any atom is 0.306 e. The van der Waals surface area contributed by atoms with Gasteiger partial charge in [0.1, 0.15) is 6.61 Å². The van der Waals surface area contributed by atoms with Crippen molar-refractivity contribution in [2.45, 2.75) is 367 Å². The molecule has 0 saturated carbocycles. The van der Waals surface area contributed by atoms with Crippen molar-refractivity contribution in [1.29, 1.82) is 0 Å². The van der Waals surface area contributed by atoms with Crippen LogP contribution in [0.1, 0.15) is 361 Å². The highest BCUT2D eigenvalue weighted by atomic mass is 16.6. The maximum absolute atomic E-state index is 12.3. The first-order chi connectivity index (χ1) is 35.6. The Labute approximate surface area is 450 Å². The Morgan fingerprint density at radius 2 is 0.597 bits per heavy atom. The Kier molecular flexibility index (Phi) is 61.8. The molecule has 0 fully saturated rings. The number of aliphatic hydroxyl groups is 1. The number of ether oxygens (including phenoxy) is 2. The molecule has 1 unspecified atom stereocenters. The molecule has 0 rings (SSSR count). The van der Waals surface area contributed by atoms with Gasteiger partial charge in [-0.25, -0.2) is 0 Å². The molecule has 0 radical (unpaired) electrons. The molecule has 0 saturated heterocycles. The van der Waals surface area contributed by atoms with Crippen LogP contribution in [-0.4, -0.2) is 36.4 Å². The van der Waals surface area contributed by atoms with Gasteiger partial charge in [0.25, 0.3) is 0 Å². The first-order valence-corrected chi connectivity index (χ1v) is 32.5. The fraction of sp³-hybridized carbons (Fsp3) is 0.881. The molecule has 0 aromatic carbocycles. The summed E-state index contributed by atoms with van der Waals surface area (Å²) in [6, 6.07) is 0. The minimum Gasteiger partial charge on any atom is -0.462 e. The number of hydrogen-bond donors (Lipinski definition) is 1. The van der Waals surface area contributed by atoms with Gasteiger partial charge in [0, 0.05) is 12.8 Å². The third-order valence-corrected chi connectivity index (χ3v) is 14.9. The van der Waals surface area contributed by atoms with Gasteiger partial charge in [-0.2, -0.15) is 0 Å². The number of aliphatic hydroxyl groups excluding tert-OH is 1. The van der Waals surface area contributed by atoms with Crippen molar-refractivity contribution in [3.8, 4) is 0 Å². The van der Waals surface area contributed by atoms with Crippen molar-refractivity contribution >= 4 is 11.9 Å². The zero-order valence-electron chi connectivity index (χ0n) is 48.7. The molecule has 1 N–H and O–H groups in total. The Hall–Kier alpha value is -1.88. The summed E-state index contributed by atoms with van der Waals surface area (Å²) in [6.07, 6.45) is 83.3. The quantitative estimate of drug-likeness (QED) is 0.0373. The third-order valence-electron chi connectivity index (χ3n) is 14.9. The van der Waals surface area contributed by atoms with Crippen molar-refractivity contribution in [3.63, 3.8) is 0 Å². The van der Waals surface area contributed by atoms with E-state index in [0.717, 1.165) is 64.2 Å². The summed E-state index contributed by atoms with van der Waals surface area (Å²) in [7, 11) is 0. The van der Waals surface area contributed by atoms with Gasteiger partial charge in [0.15, 0.2) is 6.10 Å². The van der Waals surface area contributed by atoms with E-state index in [1.54, 1.807) is 0 Å². The van der Waals surface area contributed by atoms with Crippen LogP contribution in [-0.2, 0) is 19.1 Å². The van der Waals surface area contributed by atoms with Crippen LogP contribution >= 0.6 is 0 Å². The van der Waals surface area contributed by atoms with Gasteiger partial charge in [0.2, 0.25) is 0 Å². The first kappa shape index (κ1) is 70.1. The SMILES string of the molecule is CC/C=C\C/C=C\C/C=C\CCCCCCCCCC(=O)OC(CO)COC(=O)CCCCCCCCCCCCCCCCCCCCCCCCCCCCCCCCCCCCCCCCCCC. The van der Waals surface area contributed by atoms with Crippen LogP contribution < -0.4 is 0 Å². The smallest absolute Gasteiger partial charge is 0.306 e. The lowest BCUT2D eigenvalue weighted by Gasteiger charge is -2.15. The average Bonchev–Trinajstić information content (AvgIpc) is 3.38. The number of allylic oxidation sites excluding steroid dienone is 6. The lowest BCUT2D eigenvalue weighted by atomic mass is 10.0. The van der Waals surface area contributed by atoms with Gasteiger partial charge in [-0.1, -0.05) is 339 Å². The Morgan fingerprint density at radius 1 is 0.333 bits per heavy atom. The molecule has 1 atom stereocenters. The molecule has 0 heterocycles. The van der Waals surface area contributed by atoms with Crippen LogP contribution in [0.4, 0.5) is 0 Å². The molecule has 0 bridgehead atoms. The molecule has 0 aromatic rings.